The molecular weight excluding hydrogens is 386 g/mol. The first kappa shape index (κ1) is 19.3. The van der Waals surface area contributed by atoms with Gasteiger partial charge in [-0.25, -0.2) is 4.79 Å². The van der Waals surface area contributed by atoms with Gasteiger partial charge in [0.05, 0.1) is 11.2 Å². The predicted octanol–water partition coefficient (Wildman–Crippen LogP) is 3.74. The number of nitrogens with zero attached hydrogens (tertiary/aromatic N) is 1. The van der Waals surface area contributed by atoms with E-state index in [1.54, 1.807) is 48.4 Å². The SMILES string of the molecule is COCCCN1C(=O)C(=Cc2ccc(OC(=O)c3ccco3)cc2)SC1=S. The summed E-state index contributed by atoms with van der Waals surface area (Å²) in [6.45, 7) is 1.12. The van der Waals surface area contributed by atoms with Crippen molar-refractivity contribution in [1.82, 2.24) is 4.90 Å². The highest BCUT2D eigenvalue weighted by molar-refractivity contribution is 8.26. The van der Waals surface area contributed by atoms with Gasteiger partial charge in [0, 0.05) is 20.3 Å². The number of benzene rings is 1. The molecule has 3 rings (SSSR count). The maximum absolute atomic E-state index is 12.5. The van der Waals surface area contributed by atoms with Crippen LogP contribution < -0.4 is 4.74 Å². The fourth-order valence-electron chi connectivity index (χ4n) is 2.40. The molecule has 8 heteroatoms. The van der Waals surface area contributed by atoms with Crippen LogP contribution in [0.5, 0.6) is 5.75 Å². The molecule has 0 atom stereocenters. The molecule has 0 N–H and O–H groups in total. The molecule has 0 aliphatic carbocycles. The van der Waals surface area contributed by atoms with E-state index in [1.165, 1.54) is 24.1 Å². The number of thioether (sulfide) groups is 1. The van der Waals surface area contributed by atoms with Gasteiger partial charge in [-0.05, 0) is 42.3 Å². The van der Waals surface area contributed by atoms with E-state index in [1.807, 2.05) is 0 Å². The smallest absolute Gasteiger partial charge is 0.379 e. The molecule has 140 valence electrons. The summed E-state index contributed by atoms with van der Waals surface area (Å²) < 4.78 is 15.8. The van der Waals surface area contributed by atoms with Crippen LogP contribution in [-0.4, -0.2) is 41.4 Å². The molecule has 1 saturated heterocycles. The van der Waals surface area contributed by atoms with Gasteiger partial charge in [-0.3, -0.25) is 9.69 Å². The van der Waals surface area contributed by atoms with Gasteiger partial charge < -0.3 is 13.9 Å². The van der Waals surface area contributed by atoms with Gasteiger partial charge in [-0.2, -0.15) is 0 Å². The standard InChI is InChI=1S/C19H17NO5S2/c1-23-10-3-9-20-17(21)16(27-19(20)26)12-13-5-7-14(8-6-13)25-18(22)15-4-2-11-24-15/h2,4-8,11-12H,3,9-10H2,1H3. The average molecular weight is 403 g/mol. The minimum Gasteiger partial charge on any atom is -0.457 e. The van der Waals surface area contributed by atoms with Crippen LogP contribution in [0.2, 0.25) is 0 Å². The maximum atomic E-state index is 12.5. The lowest BCUT2D eigenvalue weighted by atomic mass is 10.2. The molecule has 1 aromatic heterocycles. The summed E-state index contributed by atoms with van der Waals surface area (Å²) in [7, 11) is 1.62. The fraction of sp³-hybridized carbons (Fsp3) is 0.211. The highest BCUT2D eigenvalue weighted by Gasteiger charge is 2.31. The number of ether oxygens (including phenoxy) is 2. The van der Waals surface area contributed by atoms with Crippen molar-refractivity contribution in [1.29, 1.82) is 0 Å². The van der Waals surface area contributed by atoms with E-state index >= 15 is 0 Å². The number of carbonyl (C=O) groups is 2. The van der Waals surface area contributed by atoms with Crippen LogP contribution in [0.25, 0.3) is 6.08 Å². The van der Waals surface area contributed by atoms with Crippen LogP contribution >= 0.6 is 24.0 Å². The van der Waals surface area contributed by atoms with E-state index < -0.39 is 5.97 Å². The van der Waals surface area contributed by atoms with Crippen molar-refractivity contribution in [3.63, 3.8) is 0 Å². The molecule has 1 amide bonds. The Morgan fingerprint density at radius 2 is 2.07 bits per heavy atom. The highest BCUT2D eigenvalue weighted by atomic mass is 32.2. The van der Waals surface area contributed by atoms with Gasteiger partial charge in [0.1, 0.15) is 10.1 Å². The molecular formula is C19H17NO5S2. The van der Waals surface area contributed by atoms with Crippen LogP contribution in [0, 0.1) is 0 Å². The van der Waals surface area contributed by atoms with E-state index in [0.29, 0.717) is 28.1 Å². The van der Waals surface area contributed by atoms with E-state index in [4.69, 9.17) is 26.1 Å². The summed E-state index contributed by atoms with van der Waals surface area (Å²) in [4.78, 5) is 26.5. The van der Waals surface area contributed by atoms with Crippen molar-refractivity contribution in [2.45, 2.75) is 6.42 Å². The van der Waals surface area contributed by atoms with Gasteiger partial charge >= 0.3 is 5.97 Å². The Hall–Kier alpha value is -2.42. The first-order valence-electron chi connectivity index (χ1n) is 8.18. The summed E-state index contributed by atoms with van der Waals surface area (Å²) in [6.07, 6.45) is 3.91. The van der Waals surface area contributed by atoms with Crippen molar-refractivity contribution in [3.05, 3.63) is 58.9 Å². The first-order chi connectivity index (χ1) is 13.1. The molecule has 1 fully saturated rings. The van der Waals surface area contributed by atoms with Gasteiger partial charge in [-0.15, -0.1) is 0 Å². The van der Waals surface area contributed by atoms with Crippen LogP contribution in [0.4, 0.5) is 0 Å². The van der Waals surface area contributed by atoms with Crippen molar-refractivity contribution < 1.29 is 23.5 Å². The molecule has 1 aromatic carbocycles. The molecule has 0 unspecified atom stereocenters. The van der Waals surface area contributed by atoms with Crippen LogP contribution in [0.15, 0.2) is 52.0 Å². The second-order valence-electron chi connectivity index (χ2n) is 5.62. The third-order valence-electron chi connectivity index (χ3n) is 3.71. The number of rotatable bonds is 7. The fourth-order valence-corrected chi connectivity index (χ4v) is 3.70. The number of furan rings is 1. The van der Waals surface area contributed by atoms with Gasteiger partial charge in [0.15, 0.2) is 0 Å². The first-order valence-corrected chi connectivity index (χ1v) is 9.41. The minimum absolute atomic E-state index is 0.102. The summed E-state index contributed by atoms with van der Waals surface area (Å²) in [5.74, 6) is -0.143. The molecule has 0 bridgehead atoms. The second-order valence-corrected chi connectivity index (χ2v) is 7.29. The molecule has 6 nitrogen and oxygen atoms in total. The van der Waals surface area contributed by atoms with Crippen molar-refractivity contribution in [3.8, 4) is 5.75 Å². The van der Waals surface area contributed by atoms with Crippen molar-refractivity contribution in [2.24, 2.45) is 0 Å². The Balaban J connectivity index is 1.64. The number of carbonyl (C=O) groups excluding carboxylic acids is 2. The Labute approximate surface area is 166 Å². The van der Waals surface area contributed by atoms with E-state index in [-0.39, 0.29) is 11.7 Å². The lowest BCUT2D eigenvalue weighted by Gasteiger charge is -2.13. The third kappa shape index (κ3) is 4.85. The van der Waals surface area contributed by atoms with Crippen LogP contribution in [0.3, 0.4) is 0 Å². The maximum Gasteiger partial charge on any atom is 0.379 e. The number of methoxy groups -OCH3 is 1. The summed E-state index contributed by atoms with van der Waals surface area (Å²) in [5.41, 5.74) is 0.810. The van der Waals surface area contributed by atoms with Crippen molar-refractivity contribution in [2.75, 3.05) is 20.3 Å². The van der Waals surface area contributed by atoms with E-state index in [2.05, 4.69) is 0 Å². The monoisotopic (exact) mass is 403 g/mol. The normalized spacial score (nSPS) is 15.6. The van der Waals surface area contributed by atoms with E-state index in [0.717, 1.165) is 12.0 Å². The lowest BCUT2D eigenvalue weighted by molar-refractivity contribution is -0.122. The zero-order chi connectivity index (χ0) is 19.2. The summed E-state index contributed by atoms with van der Waals surface area (Å²) >= 11 is 6.57. The molecule has 2 aromatic rings. The number of hydrogen-bond acceptors (Lipinski definition) is 7. The van der Waals surface area contributed by atoms with Gasteiger partial charge in [0.2, 0.25) is 5.76 Å². The molecule has 1 aliphatic heterocycles. The third-order valence-corrected chi connectivity index (χ3v) is 5.09. The highest BCUT2D eigenvalue weighted by Crippen LogP contribution is 2.32. The topological polar surface area (TPSA) is 69.0 Å². The molecule has 0 radical (unpaired) electrons. The second kappa shape index (κ2) is 8.98. The van der Waals surface area contributed by atoms with E-state index in [9.17, 15) is 9.59 Å². The lowest BCUT2D eigenvalue weighted by Crippen LogP contribution is -2.29. The molecule has 1 aliphatic rings. The number of thiocarbonyl (C=S) groups is 1. The van der Waals surface area contributed by atoms with Crippen LogP contribution in [0.1, 0.15) is 22.5 Å². The number of hydrogen-bond donors (Lipinski definition) is 0. The van der Waals surface area contributed by atoms with Gasteiger partial charge in [-0.1, -0.05) is 36.1 Å². The minimum atomic E-state index is -0.565. The Morgan fingerprint density at radius 1 is 1.30 bits per heavy atom. The summed E-state index contributed by atoms with van der Waals surface area (Å²) in [5, 5.41) is 0. The summed E-state index contributed by atoms with van der Waals surface area (Å²) in [6, 6.07) is 10.00. The van der Waals surface area contributed by atoms with Crippen molar-refractivity contribution >= 4 is 46.3 Å². The largest absolute Gasteiger partial charge is 0.457 e. The molecule has 27 heavy (non-hydrogen) atoms. The molecule has 2 heterocycles. The molecule has 0 spiro atoms. The Kier molecular flexibility index (Phi) is 6.44. The number of esters is 1. The molecule has 0 saturated carbocycles. The zero-order valence-electron chi connectivity index (χ0n) is 14.5. The van der Waals surface area contributed by atoms with Crippen LogP contribution in [-0.2, 0) is 9.53 Å². The zero-order valence-corrected chi connectivity index (χ0v) is 16.2. The van der Waals surface area contributed by atoms with Gasteiger partial charge in [0.25, 0.3) is 5.91 Å². The average Bonchev–Trinajstić information content (AvgIpc) is 3.28. The predicted molar refractivity (Wildman–Crippen MR) is 106 cm³/mol. The Morgan fingerprint density at radius 3 is 2.74 bits per heavy atom. The quantitative estimate of drug-likeness (QED) is 0.229. The Bertz CT molecular complexity index is 859. The number of amides is 1.